The van der Waals surface area contributed by atoms with Gasteiger partial charge >= 0.3 is 5.97 Å². The van der Waals surface area contributed by atoms with Crippen molar-refractivity contribution in [3.63, 3.8) is 0 Å². The van der Waals surface area contributed by atoms with Crippen LogP contribution in [-0.4, -0.2) is 84.0 Å². The fourth-order valence-electron chi connectivity index (χ4n) is 3.83. The number of carbonyl (C=O) groups is 1. The van der Waals surface area contributed by atoms with Gasteiger partial charge in [0.05, 0.1) is 6.54 Å². The SMILES string of the molecule is Cl.Cl.Cl.N=C(N)c1ccc(N2CCN(C3CCN(CC(=O)O)CC3)CC2)cc1.O. The minimum absolute atomic E-state index is 0. The smallest absolute Gasteiger partial charge is 0.317 e. The van der Waals surface area contributed by atoms with Crippen LogP contribution in [0.15, 0.2) is 24.3 Å². The summed E-state index contributed by atoms with van der Waals surface area (Å²) in [6, 6.07) is 8.46. The van der Waals surface area contributed by atoms with Gasteiger partial charge in [-0.2, -0.15) is 0 Å². The Morgan fingerprint density at radius 1 is 1.00 bits per heavy atom. The number of carboxylic acid groups (broad SMARTS) is 1. The van der Waals surface area contributed by atoms with Crippen molar-refractivity contribution in [2.24, 2.45) is 5.73 Å². The van der Waals surface area contributed by atoms with Gasteiger partial charge in [0.25, 0.3) is 0 Å². The molecule has 29 heavy (non-hydrogen) atoms. The van der Waals surface area contributed by atoms with Crippen molar-refractivity contribution in [1.29, 1.82) is 5.41 Å². The predicted octanol–water partition coefficient (Wildman–Crippen LogP) is 1.08. The van der Waals surface area contributed by atoms with E-state index in [4.69, 9.17) is 16.2 Å². The summed E-state index contributed by atoms with van der Waals surface area (Å²) in [6.07, 6.45) is 2.11. The third-order valence-corrected chi connectivity index (χ3v) is 5.29. The van der Waals surface area contributed by atoms with Gasteiger partial charge in [0.1, 0.15) is 5.84 Å². The zero-order chi connectivity index (χ0) is 17.8. The molecule has 0 radical (unpaired) electrons. The number of rotatable bonds is 5. The number of amidine groups is 1. The second kappa shape index (κ2) is 13.8. The fraction of sp³-hybridized carbons (Fsp3) is 0.556. The van der Waals surface area contributed by atoms with Crippen LogP contribution in [0.5, 0.6) is 0 Å². The minimum Gasteiger partial charge on any atom is -0.480 e. The summed E-state index contributed by atoms with van der Waals surface area (Å²) in [5.41, 5.74) is 7.45. The molecular weight excluding hydrogens is 441 g/mol. The number of nitrogen functional groups attached to an aromatic ring is 1. The van der Waals surface area contributed by atoms with Crippen molar-refractivity contribution in [1.82, 2.24) is 9.80 Å². The van der Waals surface area contributed by atoms with Crippen molar-refractivity contribution in [3.05, 3.63) is 29.8 Å². The van der Waals surface area contributed by atoms with Gasteiger partial charge in [-0.15, -0.1) is 37.2 Å². The average molecular weight is 473 g/mol. The summed E-state index contributed by atoms with van der Waals surface area (Å²) in [7, 11) is 0. The Balaban J connectivity index is 0. The van der Waals surface area contributed by atoms with Crippen LogP contribution < -0.4 is 10.6 Å². The molecule has 2 saturated heterocycles. The number of nitrogens with two attached hydrogens (primary N) is 1. The van der Waals surface area contributed by atoms with E-state index in [9.17, 15) is 4.79 Å². The monoisotopic (exact) mass is 471 g/mol. The second-order valence-corrected chi connectivity index (χ2v) is 6.88. The number of halogens is 3. The molecule has 11 heteroatoms. The number of nitrogens with one attached hydrogen (secondary N) is 1. The highest BCUT2D eigenvalue weighted by atomic mass is 35.5. The number of hydrogen-bond acceptors (Lipinski definition) is 5. The molecule has 6 N–H and O–H groups in total. The Kier molecular flexibility index (Phi) is 14.3. The van der Waals surface area contributed by atoms with E-state index >= 15 is 0 Å². The van der Waals surface area contributed by atoms with Crippen molar-refractivity contribution in [2.45, 2.75) is 18.9 Å². The molecule has 0 spiro atoms. The molecular formula is C18H32Cl3N5O3. The van der Waals surface area contributed by atoms with Gasteiger partial charge in [-0.3, -0.25) is 20.0 Å². The quantitative estimate of drug-likeness (QED) is 0.434. The number of aliphatic carboxylic acids is 1. The Bertz CT molecular complexity index is 620. The third-order valence-electron chi connectivity index (χ3n) is 5.29. The Labute approximate surface area is 190 Å². The highest BCUT2D eigenvalue weighted by Gasteiger charge is 2.28. The summed E-state index contributed by atoms with van der Waals surface area (Å²) < 4.78 is 0. The number of likely N-dealkylation sites (tertiary alicyclic amines) is 1. The lowest BCUT2D eigenvalue weighted by molar-refractivity contribution is -0.138. The topological polar surface area (TPSA) is 128 Å². The molecule has 8 nitrogen and oxygen atoms in total. The fourth-order valence-corrected chi connectivity index (χ4v) is 3.83. The van der Waals surface area contributed by atoms with Gasteiger partial charge in [-0.1, -0.05) is 0 Å². The van der Waals surface area contributed by atoms with E-state index in [1.807, 2.05) is 29.2 Å². The van der Waals surface area contributed by atoms with E-state index in [0.29, 0.717) is 6.04 Å². The number of nitrogens with zero attached hydrogens (tertiary/aromatic N) is 3. The van der Waals surface area contributed by atoms with Gasteiger partial charge in [0.2, 0.25) is 0 Å². The minimum atomic E-state index is -0.733. The number of anilines is 1. The third kappa shape index (κ3) is 8.16. The molecule has 0 unspecified atom stereocenters. The van der Waals surface area contributed by atoms with Crippen LogP contribution in [0.4, 0.5) is 5.69 Å². The molecule has 0 saturated carbocycles. The van der Waals surface area contributed by atoms with Crippen LogP contribution in [0.3, 0.4) is 0 Å². The molecule has 1 aromatic rings. The van der Waals surface area contributed by atoms with E-state index < -0.39 is 5.97 Å². The molecule has 2 heterocycles. The highest BCUT2D eigenvalue weighted by molar-refractivity contribution is 5.95. The Hall–Kier alpha value is -1.29. The summed E-state index contributed by atoms with van der Waals surface area (Å²) >= 11 is 0. The molecule has 0 atom stereocenters. The summed E-state index contributed by atoms with van der Waals surface area (Å²) in [4.78, 5) is 17.8. The Morgan fingerprint density at radius 2 is 1.52 bits per heavy atom. The first-order valence-corrected chi connectivity index (χ1v) is 8.90. The van der Waals surface area contributed by atoms with Crippen LogP contribution in [0.25, 0.3) is 0 Å². The van der Waals surface area contributed by atoms with Crippen LogP contribution >= 0.6 is 37.2 Å². The second-order valence-electron chi connectivity index (χ2n) is 6.88. The maximum absolute atomic E-state index is 10.8. The number of carboxylic acids is 1. The maximum Gasteiger partial charge on any atom is 0.317 e. The molecule has 2 aliphatic rings. The van der Waals surface area contributed by atoms with Gasteiger partial charge in [-0.25, -0.2) is 0 Å². The standard InChI is InChI=1S/C18H27N5O2.3ClH.H2O/c19-18(20)14-1-3-15(4-2-14)22-9-11-23(12-10-22)16-5-7-21(8-6-16)13-17(24)25;;;;/h1-4,16H,5-13H2,(H3,19,20)(H,24,25);3*1H;1H2. The van der Waals surface area contributed by atoms with E-state index in [1.54, 1.807) is 0 Å². The summed E-state index contributed by atoms with van der Waals surface area (Å²) in [6.45, 7) is 5.99. The predicted molar refractivity (Wildman–Crippen MR) is 124 cm³/mol. The molecule has 2 aliphatic heterocycles. The normalized spacial score (nSPS) is 17.7. The lowest BCUT2D eigenvalue weighted by Gasteiger charge is -2.43. The van der Waals surface area contributed by atoms with E-state index in [2.05, 4.69) is 9.80 Å². The first kappa shape index (κ1) is 29.9. The van der Waals surface area contributed by atoms with Crippen molar-refractivity contribution in [2.75, 3.05) is 50.7 Å². The lowest BCUT2D eigenvalue weighted by Crippen LogP contribution is -2.53. The van der Waals surface area contributed by atoms with Gasteiger partial charge in [0, 0.05) is 56.6 Å². The van der Waals surface area contributed by atoms with Crippen LogP contribution in [0, 0.1) is 5.41 Å². The number of benzene rings is 1. The first-order valence-electron chi connectivity index (χ1n) is 8.90. The van der Waals surface area contributed by atoms with Gasteiger partial charge < -0.3 is 21.2 Å². The van der Waals surface area contributed by atoms with Gasteiger partial charge in [0.15, 0.2) is 0 Å². The molecule has 0 bridgehead atoms. The van der Waals surface area contributed by atoms with Crippen LogP contribution in [0.1, 0.15) is 18.4 Å². The number of hydrogen-bond donors (Lipinski definition) is 3. The van der Waals surface area contributed by atoms with E-state index in [1.165, 1.54) is 5.69 Å². The lowest BCUT2D eigenvalue weighted by atomic mass is 10.0. The highest BCUT2D eigenvalue weighted by Crippen LogP contribution is 2.21. The maximum atomic E-state index is 10.8. The van der Waals surface area contributed by atoms with E-state index in [0.717, 1.165) is 57.7 Å². The number of piperazine rings is 1. The van der Waals surface area contributed by atoms with Gasteiger partial charge in [-0.05, 0) is 37.1 Å². The number of piperidine rings is 1. The van der Waals surface area contributed by atoms with Crippen molar-refractivity contribution < 1.29 is 15.4 Å². The van der Waals surface area contributed by atoms with Crippen LogP contribution in [-0.2, 0) is 4.79 Å². The molecule has 0 aliphatic carbocycles. The zero-order valence-electron chi connectivity index (χ0n) is 16.2. The molecule has 168 valence electrons. The first-order chi connectivity index (χ1) is 12.0. The van der Waals surface area contributed by atoms with Crippen molar-refractivity contribution >= 4 is 54.7 Å². The zero-order valence-corrected chi connectivity index (χ0v) is 18.7. The Morgan fingerprint density at radius 3 is 1.97 bits per heavy atom. The van der Waals surface area contributed by atoms with E-state index in [-0.39, 0.29) is 55.1 Å². The molecule has 3 rings (SSSR count). The molecule has 2 fully saturated rings. The molecule has 0 amide bonds. The summed E-state index contributed by atoms with van der Waals surface area (Å²) in [5.74, 6) is -0.631. The average Bonchev–Trinajstić information content (AvgIpc) is 2.62. The molecule has 0 aromatic heterocycles. The molecule has 1 aromatic carbocycles. The van der Waals surface area contributed by atoms with Crippen LogP contribution in [0.2, 0.25) is 0 Å². The largest absolute Gasteiger partial charge is 0.480 e. The van der Waals surface area contributed by atoms with Crippen molar-refractivity contribution in [3.8, 4) is 0 Å². The summed E-state index contributed by atoms with van der Waals surface area (Å²) in [5, 5.41) is 16.4.